The number of rotatable bonds is 4. The molecule has 0 atom stereocenters. The van der Waals surface area contributed by atoms with E-state index in [-0.39, 0.29) is 23.5 Å². The fourth-order valence-corrected chi connectivity index (χ4v) is 1.69. The van der Waals surface area contributed by atoms with E-state index >= 15 is 0 Å². The Balaban J connectivity index is 3.10. The van der Waals surface area contributed by atoms with Crippen molar-refractivity contribution in [2.75, 3.05) is 12.9 Å². The van der Waals surface area contributed by atoms with E-state index in [4.69, 9.17) is 5.90 Å². The van der Waals surface area contributed by atoms with Crippen LogP contribution in [0.3, 0.4) is 0 Å². The normalized spacial score (nSPS) is 10.7. The van der Waals surface area contributed by atoms with Crippen LogP contribution >= 0.6 is 11.8 Å². The zero-order chi connectivity index (χ0) is 11.4. The van der Waals surface area contributed by atoms with Crippen molar-refractivity contribution in [3.05, 3.63) is 29.1 Å². The molecule has 0 aliphatic heterocycles. The van der Waals surface area contributed by atoms with E-state index in [9.17, 15) is 13.2 Å². The molecule has 0 bridgehead atoms. The molecule has 0 saturated carbocycles. The van der Waals surface area contributed by atoms with Crippen molar-refractivity contribution < 1.29 is 18.0 Å². The number of halogens is 3. The van der Waals surface area contributed by atoms with Gasteiger partial charge in [-0.1, -0.05) is 0 Å². The molecule has 1 rings (SSSR count). The molecular formula is C9H10F3NOS. The third kappa shape index (κ3) is 2.64. The van der Waals surface area contributed by atoms with E-state index in [1.807, 2.05) is 0 Å². The second-order valence-electron chi connectivity index (χ2n) is 2.80. The van der Waals surface area contributed by atoms with Gasteiger partial charge in [0, 0.05) is 6.42 Å². The smallest absolute Gasteiger partial charge is 0.175 e. The maximum absolute atomic E-state index is 13.3. The van der Waals surface area contributed by atoms with Crippen LogP contribution in [0.4, 0.5) is 13.2 Å². The predicted octanol–water partition coefficient (Wildman–Crippen LogP) is 2.26. The van der Waals surface area contributed by atoms with E-state index in [2.05, 4.69) is 4.84 Å². The lowest BCUT2D eigenvalue weighted by atomic mass is 10.1. The minimum Gasteiger partial charge on any atom is -0.304 e. The molecule has 1 aromatic carbocycles. The maximum Gasteiger partial charge on any atom is 0.175 e. The zero-order valence-electron chi connectivity index (χ0n) is 8.02. The molecule has 6 heteroatoms. The topological polar surface area (TPSA) is 35.2 Å². The van der Waals surface area contributed by atoms with Crippen molar-refractivity contribution in [3.63, 3.8) is 0 Å². The Bertz CT molecular complexity index is 360. The number of hydrogen-bond donors (Lipinski definition) is 1. The molecule has 1 aromatic rings. The summed E-state index contributed by atoms with van der Waals surface area (Å²) in [5.74, 6) is 1.77. The fraction of sp³-hybridized carbons (Fsp3) is 0.333. The second-order valence-corrected chi connectivity index (χ2v) is 3.62. The first-order valence-corrected chi connectivity index (χ1v) is 5.36. The molecule has 0 aliphatic carbocycles. The fourth-order valence-electron chi connectivity index (χ4n) is 1.17. The van der Waals surface area contributed by atoms with Crippen molar-refractivity contribution in [3.8, 4) is 0 Å². The Morgan fingerprint density at radius 1 is 1.33 bits per heavy atom. The van der Waals surface area contributed by atoms with Gasteiger partial charge in [-0.15, -0.1) is 11.8 Å². The minimum absolute atomic E-state index is 0.00835. The predicted molar refractivity (Wildman–Crippen MR) is 51.9 cm³/mol. The van der Waals surface area contributed by atoms with E-state index in [1.165, 1.54) is 6.26 Å². The minimum atomic E-state index is -1.16. The number of hydrogen-bond acceptors (Lipinski definition) is 3. The third-order valence-electron chi connectivity index (χ3n) is 1.89. The second kappa shape index (κ2) is 5.39. The van der Waals surface area contributed by atoms with Gasteiger partial charge in [-0.05, 0) is 17.9 Å². The van der Waals surface area contributed by atoms with Crippen molar-refractivity contribution in [1.29, 1.82) is 0 Å². The summed E-state index contributed by atoms with van der Waals surface area (Å²) < 4.78 is 39.8. The van der Waals surface area contributed by atoms with Crippen LogP contribution in [0.2, 0.25) is 0 Å². The monoisotopic (exact) mass is 237 g/mol. The van der Waals surface area contributed by atoms with Crippen LogP contribution in [0.25, 0.3) is 0 Å². The van der Waals surface area contributed by atoms with Crippen LogP contribution in [-0.2, 0) is 11.3 Å². The van der Waals surface area contributed by atoms with Crippen LogP contribution in [-0.4, -0.2) is 12.9 Å². The highest BCUT2D eigenvalue weighted by Crippen LogP contribution is 2.27. The van der Waals surface area contributed by atoms with Gasteiger partial charge in [0.1, 0.15) is 5.82 Å². The molecule has 0 radical (unpaired) electrons. The molecule has 0 fully saturated rings. The SMILES string of the molecule is CSc1c(F)cc(CCON)c(F)c1F. The molecular weight excluding hydrogens is 227 g/mol. The number of nitrogens with two attached hydrogens (primary N) is 1. The lowest BCUT2D eigenvalue weighted by Gasteiger charge is -2.07. The maximum atomic E-state index is 13.3. The van der Waals surface area contributed by atoms with Gasteiger partial charge in [0.05, 0.1) is 11.5 Å². The lowest BCUT2D eigenvalue weighted by molar-refractivity contribution is 0.140. The van der Waals surface area contributed by atoms with Crippen molar-refractivity contribution in [2.24, 2.45) is 5.90 Å². The van der Waals surface area contributed by atoms with E-state index in [1.54, 1.807) is 0 Å². The molecule has 2 nitrogen and oxygen atoms in total. The van der Waals surface area contributed by atoms with Crippen LogP contribution in [0.15, 0.2) is 11.0 Å². The Morgan fingerprint density at radius 3 is 2.53 bits per heavy atom. The summed E-state index contributed by atoms with van der Waals surface area (Å²) in [4.78, 5) is 3.91. The summed E-state index contributed by atoms with van der Waals surface area (Å²) >= 11 is 0.823. The summed E-state index contributed by atoms with van der Waals surface area (Å²) in [6.45, 7) is 0.00835. The summed E-state index contributed by atoms with van der Waals surface area (Å²) in [6, 6.07) is 0.962. The molecule has 0 spiro atoms. The molecule has 0 aliphatic rings. The van der Waals surface area contributed by atoms with Crippen LogP contribution in [0.1, 0.15) is 5.56 Å². The Labute approximate surface area is 89.6 Å². The molecule has 84 valence electrons. The quantitative estimate of drug-likeness (QED) is 0.495. The summed E-state index contributed by atoms with van der Waals surface area (Å²) in [5, 5.41) is 0. The van der Waals surface area contributed by atoms with E-state index in [0.717, 1.165) is 17.8 Å². The molecule has 0 saturated heterocycles. The van der Waals surface area contributed by atoms with Crippen LogP contribution < -0.4 is 5.90 Å². The average Bonchev–Trinajstić information content (AvgIpc) is 2.22. The molecule has 0 unspecified atom stereocenters. The van der Waals surface area contributed by atoms with Crippen LogP contribution in [0.5, 0.6) is 0 Å². The largest absolute Gasteiger partial charge is 0.304 e. The van der Waals surface area contributed by atoms with Crippen molar-refractivity contribution in [2.45, 2.75) is 11.3 Å². The first-order chi connectivity index (χ1) is 7.11. The van der Waals surface area contributed by atoms with Gasteiger partial charge in [0.25, 0.3) is 0 Å². The lowest BCUT2D eigenvalue weighted by Crippen LogP contribution is -2.07. The first kappa shape index (κ1) is 12.4. The first-order valence-electron chi connectivity index (χ1n) is 4.13. The van der Waals surface area contributed by atoms with Gasteiger partial charge in [0.15, 0.2) is 11.6 Å². The van der Waals surface area contributed by atoms with Gasteiger partial charge < -0.3 is 4.84 Å². The van der Waals surface area contributed by atoms with Gasteiger partial charge in [-0.25, -0.2) is 19.1 Å². The summed E-state index contributed by atoms with van der Waals surface area (Å²) in [6.07, 6.45) is 1.51. The standard InChI is InChI=1S/C9H10F3NOS/c1-15-9-6(10)4-5(2-3-14-13)7(11)8(9)12/h4H,2-3,13H2,1H3. The number of benzene rings is 1. The highest BCUT2D eigenvalue weighted by molar-refractivity contribution is 7.98. The molecule has 15 heavy (non-hydrogen) atoms. The molecule has 0 aromatic heterocycles. The highest BCUT2D eigenvalue weighted by atomic mass is 32.2. The van der Waals surface area contributed by atoms with Crippen molar-refractivity contribution in [1.82, 2.24) is 0 Å². The van der Waals surface area contributed by atoms with Gasteiger partial charge in [-0.3, -0.25) is 0 Å². The van der Waals surface area contributed by atoms with E-state index in [0.29, 0.717) is 0 Å². The summed E-state index contributed by atoms with van der Waals surface area (Å²) in [7, 11) is 0. The van der Waals surface area contributed by atoms with Gasteiger partial charge >= 0.3 is 0 Å². The van der Waals surface area contributed by atoms with Crippen molar-refractivity contribution >= 4 is 11.8 Å². The van der Waals surface area contributed by atoms with Gasteiger partial charge in [0.2, 0.25) is 0 Å². The Kier molecular flexibility index (Phi) is 4.44. The van der Waals surface area contributed by atoms with Gasteiger partial charge in [-0.2, -0.15) is 0 Å². The third-order valence-corrected chi connectivity index (χ3v) is 2.67. The van der Waals surface area contributed by atoms with Crippen LogP contribution in [0, 0.1) is 17.5 Å². The average molecular weight is 237 g/mol. The summed E-state index contributed by atoms with van der Waals surface area (Å²) in [5.41, 5.74) is -0.0757. The Hall–Kier alpha value is -0.720. The highest BCUT2D eigenvalue weighted by Gasteiger charge is 2.17. The molecule has 0 amide bonds. The Morgan fingerprint density at radius 2 is 2.00 bits per heavy atom. The number of thioether (sulfide) groups is 1. The van der Waals surface area contributed by atoms with E-state index < -0.39 is 17.5 Å². The molecule has 2 N–H and O–H groups in total. The zero-order valence-corrected chi connectivity index (χ0v) is 8.84. The molecule has 0 heterocycles.